The summed E-state index contributed by atoms with van der Waals surface area (Å²) >= 11 is 9.87. The third kappa shape index (κ3) is 2.01. The Labute approximate surface area is 133 Å². The first-order valence-corrected chi connectivity index (χ1v) is 7.46. The highest BCUT2D eigenvalue weighted by Crippen LogP contribution is 2.35. The first-order valence-electron chi connectivity index (χ1n) is 6.29. The van der Waals surface area contributed by atoms with E-state index in [1.54, 1.807) is 4.52 Å². The largest absolute Gasteiger partial charge is 0.193 e. The maximum atomic E-state index is 6.35. The molecule has 4 rings (SSSR count). The fraction of sp³-hybridized carbons (Fsp3) is 0. The minimum Gasteiger partial charge on any atom is -0.193 e. The fourth-order valence-corrected chi connectivity index (χ4v) is 3.07. The number of pyridine rings is 1. The predicted molar refractivity (Wildman–Crippen MR) is 86.4 cm³/mol. The van der Waals surface area contributed by atoms with Crippen molar-refractivity contribution in [2.75, 3.05) is 0 Å². The minimum atomic E-state index is 0.694. The zero-order valence-corrected chi connectivity index (χ0v) is 13.0. The molecular formula is C15H8BrClN4. The van der Waals surface area contributed by atoms with Crippen molar-refractivity contribution < 1.29 is 0 Å². The van der Waals surface area contributed by atoms with E-state index in [4.69, 9.17) is 11.6 Å². The molecule has 0 radical (unpaired) electrons. The number of benzene rings is 2. The number of rotatable bonds is 1. The molecule has 21 heavy (non-hydrogen) atoms. The number of hydrogen-bond donors (Lipinski definition) is 0. The molecule has 4 nitrogen and oxygen atoms in total. The minimum absolute atomic E-state index is 0.694. The van der Waals surface area contributed by atoms with Crippen LogP contribution in [0.1, 0.15) is 0 Å². The van der Waals surface area contributed by atoms with Crippen LogP contribution in [0.2, 0.25) is 5.02 Å². The van der Waals surface area contributed by atoms with E-state index in [1.165, 1.54) is 0 Å². The number of hydrogen-bond acceptors (Lipinski definition) is 3. The van der Waals surface area contributed by atoms with Gasteiger partial charge in [0.05, 0.1) is 5.52 Å². The molecule has 0 spiro atoms. The van der Waals surface area contributed by atoms with Crippen LogP contribution in [0.15, 0.2) is 53.0 Å². The summed E-state index contributed by atoms with van der Waals surface area (Å²) in [4.78, 5) is 0. The molecule has 6 heteroatoms. The van der Waals surface area contributed by atoms with Gasteiger partial charge in [-0.15, -0.1) is 5.10 Å². The second-order valence-electron chi connectivity index (χ2n) is 4.65. The van der Waals surface area contributed by atoms with Crippen LogP contribution in [0.5, 0.6) is 0 Å². The van der Waals surface area contributed by atoms with E-state index in [-0.39, 0.29) is 0 Å². The van der Waals surface area contributed by atoms with Crippen LogP contribution >= 0.6 is 27.5 Å². The number of tetrazole rings is 1. The number of nitrogens with zero attached hydrogens (tertiary/aromatic N) is 4. The molecular weight excluding hydrogens is 352 g/mol. The lowest BCUT2D eigenvalue weighted by molar-refractivity contribution is 0.842. The van der Waals surface area contributed by atoms with Gasteiger partial charge in [-0.3, -0.25) is 0 Å². The van der Waals surface area contributed by atoms with Crippen LogP contribution < -0.4 is 0 Å². The monoisotopic (exact) mass is 358 g/mol. The zero-order chi connectivity index (χ0) is 14.4. The van der Waals surface area contributed by atoms with Crippen LogP contribution in [0, 0.1) is 0 Å². The first-order chi connectivity index (χ1) is 10.2. The van der Waals surface area contributed by atoms with Gasteiger partial charge < -0.3 is 0 Å². The van der Waals surface area contributed by atoms with E-state index in [0.717, 1.165) is 26.5 Å². The second-order valence-corrected chi connectivity index (χ2v) is 5.97. The Bertz CT molecular complexity index is 980. The number of halogens is 2. The Balaban J connectivity index is 2.20. The maximum Gasteiger partial charge on any atom is 0.180 e. The molecule has 0 fully saturated rings. The lowest BCUT2D eigenvalue weighted by Gasteiger charge is -2.10. The van der Waals surface area contributed by atoms with Crippen LogP contribution in [-0.2, 0) is 0 Å². The molecule has 2 heterocycles. The Kier molecular flexibility index (Phi) is 2.90. The Morgan fingerprint density at radius 3 is 2.71 bits per heavy atom. The summed E-state index contributed by atoms with van der Waals surface area (Å²) < 4.78 is 2.72. The molecule has 0 unspecified atom stereocenters. The van der Waals surface area contributed by atoms with Gasteiger partial charge in [-0.05, 0) is 46.3 Å². The van der Waals surface area contributed by atoms with Crippen LogP contribution in [0.3, 0.4) is 0 Å². The quantitative estimate of drug-likeness (QED) is 0.507. The molecule has 102 valence electrons. The molecule has 0 aliphatic heterocycles. The van der Waals surface area contributed by atoms with Crippen LogP contribution in [0.25, 0.3) is 27.7 Å². The number of fused-ring (bicyclic) bond motifs is 3. The van der Waals surface area contributed by atoms with Gasteiger partial charge in [0.25, 0.3) is 0 Å². The van der Waals surface area contributed by atoms with E-state index >= 15 is 0 Å². The summed E-state index contributed by atoms with van der Waals surface area (Å²) in [6.45, 7) is 0. The average molecular weight is 360 g/mol. The van der Waals surface area contributed by atoms with Crippen molar-refractivity contribution in [3.8, 4) is 11.1 Å². The van der Waals surface area contributed by atoms with E-state index in [1.807, 2.05) is 42.5 Å². The van der Waals surface area contributed by atoms with Crippen molar-refractivity contribution in [2.45, 2.75) is 0 Å². The van der Waals surface area contributed by atoms with E-state index in [0.29, 0.717) is 10.7 Å². The summed E-state index contributed by atoms with van der Waals surface area (Å²) in [7, 11) is 0. The molecule has 0 N–H and O–H groups in total. The fourth-order valence-electron chi connectivity index (χ4n) is 2.47. The molecule has 4 aromatic rings. The molecule has 0 saturated carbocycles. The third-order valence-corrected chi connectivity index (χ3v) is 4.23. The van der Waals surface area contributed by atoms with Crippen molar-refractivity contribution in [3.63, 3.8) is 0 Å². The van der Waals surface area contributed by atoms with Crippen molar-refractivity contribution in [2.24, 2.45) is 0 Å². The molecule has 0 saturated heterocycles. The van der Waals surface area contributed by atoms with Gasteiger partial charge in [0.2, 0.25) is 0 Å². The molecule has 2 aromatic heterocycles. The van der Waals surface area contributed by atoms with Gasteiger partial charge in [-0.2, -0.15) is 4.52 Å². The van der Waals surface area contributed by atoms with E-state index in [9.17, 15) is 0 Å². The van der Waals surface area contributed by atoms with Gasteiger partial charge in [0, 0.05) is 20.4 Å². The topological polar surface area (TPSA) is 43.1 Å². The van der Waals surface area contributed by atoms with Gasteiger partial charge in [-0.1, -0.05) is 45.7 Å². The molecule has 0 bridgehead atoms. The molecule has 0 aliphatic rings. The predicted octanol–water partition coefficient (Wildman–Crippen LogP) is 4.36. The van der Waals surface area contributed by atoms with Gasteiger partial charge in [0.15, 0.2) is 5.65 Å². The molecule has 2 aromatic carbocycles. The van der Waals surface area contributed by atoms with Crippen molar-refractivity contribution >= 4 is 44.1 Å². The first kappa shape index (κ1) is 12.7. The third-order valence-electron chi connectivity index (χ3n) is 3.41. The Hall–Kier alpha value is -1.98. The van der Waals surface area contributed by atoms with E-state index in [2.05, 4.69) is 37.5 Å². The molecule has 0 amide bonds. The lowest BCUT2D eigenvalue weighted by atomic mass is 10.0. The average Bonchev–Trinajstić information content (AvgIpc) is 2.95. The van der Waals surface area contributed by atoms with Crippen molar-refractivity contribution in [3.05, 3.63) is 58.0 Å². The summed E-state index contributed by atoms with van der Waals surface area (Å²) in [6.07, 6.45) is 0. The summed E-state index contributed by atoms with van der Waals surface area (Å²) in [5.74, 6) is 0. The van der Waals surface area contributed by atoms with Crippen molar-refractivity contribution in [1.82, 2.24) is 20.0 Å². The lowest BCUT2D eigenvalue weighted by Crippen LogP contribution is -1.94. The van der Waals surface area contributed by atoms with Crippen molar-refractivity contribution in [1.29, 1.82) is 0 Å². The highest BCUT2D eigenvalue weighted by molar-refractivity contribution is 9.10. The highest BCUT2D eigenvalue weighted by Gasteiger charge is 2.12. The van der Waals surface area contributed by atoms with E-state index < -0.39 is 0 Å². The molecule has 0 aliphatic carbocycles. The van der Waals surface area contributed by atoms with Gasteiger partial charge in [0.1, 0.15) is 0 Å². The SMILES string of the molecule is Clc1ccccc1-c1cc2nnnn2c2ccc(Br)cc12. The summed E-state index contributed by atoms with van der Waals surface area (Å²) in [6, 6.07) is 15.7. The number of aromatic nitrogens is 4. The Morgan fingerprint density at radius 2 is 1.86 bits per heavy atom. The van der Waals surface area contributed by atoms with Crippen LogP contribution in [-0.4, -0.2) is 20.0 Å². The van der Waals surface area contributed by atoms with Crippen LogP contribution in [0.4, 0.5) is 0 Å². The Morgan fingerprint density at radius 1 is 1.00 bits per heavy atom. The smallest absolute Gasteiger partial charge is 0.180 e. The normalized spacial score (nSPS) is 11.3. The maximum absolute atomic E-state index is 6.35. The highest BCUT2D eigenvalue weighted by atomic mass is 79.9. The summed E-state index contributed by atoms with van der Waals surface area (Å²) in [5, 5.41) is 13.6. The standard InChI is InChI=1S/C15H8BrClN4/c16-9-5-6-14-12(7-9)11(8-15-18-19-20-21(14)15)10-3-1-2-4-13(10)17/h1-8H. The van der Waals surface area contributed by atoms with Gasteiger partial charge >= 0.3 is 0 Å². The second kappa shape index (κ2) is 4.79. The van der Waals surface area contributed by atoms with Gasteiger partial charge in [-0.25, -0.2) is 0 Å². The molecule has 0 atom stereocenters. The zero-order valence-electron chi connectivity index (χ0n) is 10.7. The summed E-state index contributed by atoms with van der Waals surface area (Å²) in [5.41, 5.74) is 3.61.